The Hall–Kier alpha value is -1.58. The van der Waals surface area contributed by atoms with E-state index in [1.807, 2.05) is 0 Å². The summed E-state index contributed by atoms with van der Waals surface area (Å²) in [5.41, 5.74) is 7.25. The highest BCUT2D eigenvalue weighted by Gasteiger charge is 2.00. The van der Waals surface area contributed by atoms with E-state index in [4.69, 9.17) is 10.8 Å². The van der Waals surface area contributed by atoms with Crippen molar-refractivity contribution in [2.75, 3.05) is 5.73 Å². The molecule has 0 radical (unpaired) electrons. The van der Waals surface area contributed by atoms with Crippen LogP contribution in [0, 0.1) is 0 Å². The second kappa shape index (κ2) is 4.45. The average molecular weight is 180 g/mol. The minimum atomic E-state index is -0.775. The van der Waals surface area contributed by atoms with E-state index < -0.39 is 5.97 Å². The molecule has 4 nitrogen and oxygen atoms in total. The van der Waals surface area contributed by atoms with Crippen molar-refractivity contribution in [1.82, 2.24) is 4.98 Å². The molecule has 0 fully saturated rings. The van der Waals surface area contributed by atoms with Crippen LogP contribution in [0.25, 0.3) is 0 Å². The Morgan fingerprint density at radius 3 is 3.00 bits per heavy atom. The van der Waals surface area contributed by atoms with Gasteiger partial charge in [0.1, 0.15) is 0 Å². The fourth-order valence-electron chi connectivity index (χ4n) is 1.08. The summed E-state index contributed by atoms with van der Waals surface area (Å²) in [4.78, 5) is 14.1. The van der Waals surface area contributed by atoms with Gasteiger partial charge in [-0.3, -0.25) is 9.78 Å². The number of hydrogen-bond acceptors (Lipinski definition) is 3. The molecule has 0 aliphatic rings. The number of nitrogens with zero attached hydrogens (tertiary/aromatic N) is 1. The van der Waals surface area contributed by atoms with Gasteiger partial charge in [-0.15, -0.1) is 0 Å². The van der Waals surface area contributed by atoms with E-state index in [2.05, 4.69) is 4.98 Å². The molecule has 0 aromatic carbocycles. The van der Waals surface area contributed by atoms with Crippen molar-refractivity contribution in [1.29, 1.82) is 0 Å². The van der Waals surface area contributed by atoms with Gasteiger partial charge in [-0.05, 0) is 24.5 Å². The maximum absolute atomic E-state index is 10.2. The largest absolute Gasteiger partial charge is 0.481 e. The molecule has 4 heteroatoms. The normalized spacial score (nSPS) is 9.85. The zero-order valence-electron chi connectivity index (χ0n) is 7.23. The van der Waals surface area contributed by atoms with Crippen molar-refractivity contribution < 1.29 is 9.90 Å². The van der Waals surface area contributed by atoms with Crippen molar-refractivity contribution in [3.63, 3.8) is 0 Å². The van der Waals surface area contributed by atoms with E-state index in [-0.39, 0.29) is 6.42 Å². The van der Waals surface area contributed by atoms with E-state index in [1.54, 1.807) is 18.5 Å². The zero-order chi connectivity index (χ0) is 9.68. The molecule has 3 N–H and O–H groups in total. The van der Waals surface area contributed by atoms with Crippen LogP contribution in [-0.4, -0.2) is 16.1 Å². The molecule has 1 rings (SSSR count). The first-order chi connectivity index (χ1) is 6.20. The molecular formula is C9H12N2O2. The van der Waals surface area contributed by atoms with E-state index in [0.29, 0.717) is 18.5 Å². The Morgan fingerprint density at radius 2 is 2.38 bits per heavy atom. The third-order valence-electron chi connectivity index (χ3n) is 1.78. The number of carboxylic acids is 1. The molecule has 0 amide bonds. The highest BCUT2D eigenvalue weighted by atomic mass is 16.4. The lowest BCUT2D eigenvalue weighted by atomic mass is 10.1. The van der Waals surface area contributed by atoms with Crippen molar-refractivity contribution in [2.45, 2.75) is 19.3 Å². The molecular weight excluding hydrogens is 168 g/mol. The standard InChI is InChI=1S/C9H12N2O2/c10-8-4-5-11-6-7(8)2-1-3-9(12)13/h4-6H,1-3H2,(H2,10,11)(H,12,13). The van der Waals surface area contributed by atoms with Gasteiger partial charge in [-0.25, -0.2) is 0 Å². The summed E-state index contributed by atoms with van der Waals surface area (Å²) in [5.74, 6) is -0.775. The van der Waals surface area contributed by atoms with Gasteiger partial charge in [0, 0.05) is 24.5 Å². The maximum atomic E-state index is 10.2. The van der Waals surface area contributed by atoms with Gasteiger partial charge in [0.05, 0.1) is 0 Å². The predicted molar refractivity (Wildman–Crippen MR) is 49.2 cm³/mol. The molecule has 0 atom stereocenters. The molecule has 1 aromatic heterocycles. The van der Waals surface area contributed by atoms with Gasteiger partial charge in [0.15, 0.2) is 0 Å². The van der Waals surface area contributed by atoms with Gasteiger partial charge in [0.2, 0.25) is 0 Å². The fourth-order valence-corrected chi connectivity index (χ4v) is 1.08. The van der Waals surface area contributed by atoms with Crippen molar-refractivity contribution in [3.05, 3.63) is 24.0 Å². The number of nitrogens with two attached hydrogens (primary N) is 1. The summed E-state index contributed by atoms with van der Waals surface area (Å²) in [5, 5.41) is 8.41. The highest BCUT2D eigenvalue weighted by molar-refractivity contribution is 5.66. The van der Waals surface area contributed by atoms with Crippen LogP contribution < -0.4 is 5.73 Å². The van der Waals surface area contributed by atoms with Gasteiger partial charge in [-0.2, -0.15) is 0 Å². The molecule has 1 heterocycles. The van der Waals surface area contributed by atoms with Gasteiger partial charge in [0.25, 0.3) is 0 Å². The number of hydrogen-bond donors (Lipinski definition) is 2. The minimum absolute atomic E-state index is 0.175. The molecule has 0 spiro atoms. The second-order valence-electron chi connectivity index (χ2n) is 2.82. The van der Waals surface area contributed by atoms with E-state index in [1.165, 1.54) is 0 Å². The van der Waals surface area contributed by atoms with E-state index >= 15 is 0 Å². The molecule has 0 saturated carbocycles. The summed E-state index contributed by atoms with van der Waals surface area (Å²) in [6.45, 7) is 0. The number of nitrogen functional groups attached to an aromatic ring is 1. The monoisotopic (exact) mass is 180 g/mol. The Morgan fingerprint density at radius 1 is 1.62 bits per heavy atom. The molecule has 0 aliphatic carbocycles. The first-order valence-corrected chi connectivity index (χ1v) is 4.10. The smallest absolute Gasteiger partial charge is 0.303 e. The van der Waals surface area contributed by atoms with Gasteiger partial charge < -0.3 is 10.8 Å². The Bertz CT molecular complexity index is 299. The number of anilines is 1. The number of aryl methyl sites for hydroxylation is 1. The predicted octanol–water partition coefficient (Wildman–Crippen LogP) is 1.07. The molecule has 0 unspecified atom stereocenters. The van der Waals surface area contributed by atoms with Gasteiger partial charge in [-0.1, -0.05) is 0 Å². The first-order valence-electron chi connectivity index (χ1n) is 4.10. The average Bonchev–Trinajstić information content (AvgIpc) is 2.08. The zero-order valence-corrected chi connectivity index (χ0v) is 7.23. The lowest BCUT2D eigenvalue weighted by Gasteiger charge is -2.02. The van der Waals surface area contributed by atoms with Crippen LogP contribution in [0.5, 0.6) is 0 Å². The van der Waals surface area contributed by atoms with Crippen LogP contribution in [-0.2, 0) is 11.2 Å². The lowest BCUT2D eigenvalue weighted by molar-refractivity contribution is -0.137. The third kappa shape index (κ3) is 3.11. The van der Waals surface area contributed by atoms with Crippen molar-refractivity contribution in [2.24, 2.45) is 0 Å². The minimum Gasteiger partial charge on any atom is -0.481 e. The second-order valence-corrected chi connectivity index (χ2v) is 2.82. The summed E-state index contributed by atoms with van der Waals surface area (Å²) >= 11 is 0. The number of carbonyl (C=O) groups is 1. The van der Waals surface area contributed by atoms with Crippen LogP contribution in [0.2, 0.25) is 0 Å². The van der Waals surface area contributed by atoms with Crippen molar-refractivity contribution in [3.8, 4) is 0 Å². The summed E-state index contributed by atoms with van der Waals surface area (Å²) < 4.78 is 0. The molecule has 70 valence electrons. The molecule has 13 heavy (non-hydrogen) atoms. The number of aromatic nitrogens is 1. The number of carboxylic acid groups (broad SMARTS) is 1. The number of rotatable bonds is 4. The quantitative estimate of drug-likeness (QED) is 0.726. The summed E-state index contributed by atoms with van der Waals surface area (Å²) in [6.07, 6.45) is 4.75. The fraction of sp³-hybridized carbons (Fsp3) is 0.333. The van der Waals surface area contributed by atoms with E-state index in [9.17, 15) is 4.79 Å². The number of pyridine rings is 1. The molecule has 0 bridgehead atoms. The van der Waals surface area contributed by atoms with Gasteiger partial charge >= 0.3 is 5.97 Å². The summed E-state index contributed by atoms with van der Waals surface area (Å²) in [7, 11) is 0. The Balaban J connectivity index is 2.45. The Labute approximate surface area is 76.4 Å². The molecule has 0 saturated heterocycles. The third-order valence-corrected chi connectivity index (χ3v) is 1.78. The van der Waals surface area contributed by atoms with Crippen LogP contribution in [0.15, 0.2) is 18.5 Å². The van der Waals surface area contributed by atoms with Crippen molar-refractivity contribution >= 4 is 11.7 Å². The SMILES string of the molecule is Nc1ccncc1CCCC(=O)O. The molecule has 0 aliphatic heterocycles. The van der Waals surface area contributed by atoms with Crippen LogP contribution in [0.3, 0.4) is 0 Å². The van der Waals surface area contributed by atoms with Crippen LogP contribution in [0.4, 0.5) is 5.69 Å². The maximum Gasteiger partial charge on any atom is 0.303 e. The summed E-state index contributed by atoms with van der Waals surface area (Å²) in [6, 6.07) is 1.72. The topological polar surface area (TPSA) is 76.2 Å². The van der Waals surface area contributed by atoms with Crippen LogP contribution in [0.1, 0.15) is 18.4 Å². The number of aliphatic carboxylic acids is 1. The highest BCUT2D eigenvalue weighted by Crippen LogP contribution is 2.11. The molecule has 1 aromatic rings. The lowest BCUT2D eigenvalue weighted by Crippen LogP contribution is -1.99. The Kier molecular flexibility index (Phi) is 3.25. The van der Waals surface area contributed by atoms with Crippen LogP contribution >= 0.6 is 0 Å². The van der Waals surface area contributed by atoms with E-state index in [0.717, 1.165) is 5.56 Å². The first kappa shape index (κ1) is 9.51.